The van der Waals surface area contributed by atoms with E-state index in [1.165, 1.54) is 4.90 Å². The van der Waals surface area contributed by atoms with Gasteiger partial charge in [-0.15, -0.1) is 0 Å². The lowest BCUT2D eigenvalue weighted by Crippen LogP contribution is -2.39. The first-order valence-electron chi connectivity index (χ1n) is 14.4. The highest BCUT2D eigenvalue weighted by atomic mass is 16.7. The first kappa shape index (κ1) is 27.2. The van der Waals surface area contributed by atoms with Crippen LogP contribution in [0.1, 0.15) is 62.3 Å². The fraction of sp³-hybridized carbons (Fsp3) is 0.229. The lowest BCUT2D eigenvalue weighted by molar-refractivity contribution is -0.276. The largest absolute Gasteiger partial charge is 0.392 e. The molecule has 8 heteroatoms. The second kappa shape index (κ2) is 11.2. The number of hydrogen-bond donors (Lipinski definition) is 1. The average Bonchev–Trinajstić information content (AvgIpc) is 3.56. The van der Waals surface area contributed by atoms with Crippen LogP contribution in [-0.2, 0) is 29.2 Å². The molecule has 4 atom stereocenters. The predicted molar refractivity (Wildman–Crippen MR) is 160 cm³/mol. The molecule has 7 rings (SSSR count). The Labute approximate surface area is 249 Å². The van der Waals surface area contributed by atoms with Gasteiger partial charge in [0.25, 0.3) is 11.8 Å². The SMILES string of the molecule is C[C@@H]1[C@H](Cn2cnc3ccccc32)O[C@H](c2ccc(CN3C(=O)c4ccccc4C3=O)cc2)O[C@@H]1c1ccc(CO)cc1. The minimum Gasteiger partial charge on any atom is -0.392 e. The number of carbonyl (C=O) groups excluding carboxylic acids is 2. The van der Waals surface area contributed by atoms with Crippen molar-refractivity contribution >= 4 is 22.8 Å². The van der Waals surface area contributed by atoms with E-state index in [1.54, 1.807) is 24.3 Å². The molecule has 1 fully saturated rings. The Morgan fingerprint density at radius 3 is 2.09 bits per heavy atom. The Morgan fingerprint density at radius 2 is 1.40 bits per heavy atom. The summed E-state index contributed by atoms with van der Waals surface area (Å²) in [6.07, 6.45) is 0.789. The number of fused-ring (bicyclic) bond motifs is 2. The topological polar surface area (TPSA) is 93.9 Å². The fourth-order valence-corrected chi connectivity index (χ4v) is 6.02. The van der Waals surface area contributed by atoms with Gasteiger partial charge in [0.15, 0.2) is 6.29 Å². The average molecular weight is 574 g/mol. The molecule has 1 saturated heterocycles. The van der Waals surface area contributed by atoms with Crippen molar-refractivity contribution in [3.8, 4) is 0 Å². The maximum absolute atomic E-state index is 12.9. The zero-order chi connectivity index (χ0) is 29.5. The molecule has 0 bridgehead atoms. The standard InChI is InChI=1S/C35H31N3O5/c1-22-31(19-37-21-36-29-8-4-5-9-30(29)37)42-35(43-32(22)25-14-12-24(20-39)13-15-25)26-16-10-23(11-17-26)18-38-33(40)27-6-2-3-7-28(27)34(38)41/h2-17,21-22,31-32,35,39H,18-20H2,1H3/t22-,31+,32+,35+/m1/s1. The molecule has 2 amide bonds. The third kappa shape index (κ3) is 5.03. The molecule has 1 aromatic heterocycles. The minimum absolute atomic E-state index is 0.0174. The minimum atomic E-state index is -0.633. The summed E-state index contributed by atoms with van der Waals surface area (Å²) in [5, 5.41) is 9.54. The van der Waals surface area contributed by atoms with Crippen LogP contribution in [0.2, 0.25) is 0 Å². The molecule has 2 aliphatic heterocycles. The summed E-state index contributed by atoms with van der Waals surface area (Å²) in [6, 6.07) is 30.5. The number of ether oxygens (including phenoxy) is 2. The van der Waals surface area contributed by atoms with Crippen molar-refractivity contribution < 1.29 is 24.2 Å². The summed E-state index contributed by atoms with van der Waals surface area (Å²) >= 11 is 0. The highest BCUT2D eigenvalue weighted by Crippen LogP contribution is 2.42. The van der Waals surface area contributed by atoms with Gasteiger partial charge in [0.1, 0.15) is 0 Å². The van der Waals surface area contributed by atoms with E-state index in [-0.39, 0.29) is 43.1 Å². The van der Waals surface area contributed by atoms with Gasteiger partial charge in [-0.3, -0.25) is 14.5 Å². The van der Waals surface area contributed by atoms with Gasteiger partial charge in [0.05, 0.1) is 60.4 Å². The van der Waals surface area contributed by atoms with E-state index in [4.69, 9.17) is 9.47 Å². The van der Waals surface area contributed by atoms with Crippen molar-refractivity contribution in [3.05, 3.63) is 137 Å². The first-order chi connectivity index (χ1) is 21.0. The lowest BCUT2D eigenvalue weighted by atomic mass is 9.90. The number of imide groups is 1. The molecule has 5 aromatic rings. The zero-order valence-electron chi connectivity index (χ0n) is 23.7. The fourth-order valence-electron chi connectivity index (χ4n) is 6.02. The van der Waals surface area contributed by atoms with Crippen molar-refractivity contribution in [3.63, 3.8) is 0 Å². The number of amides is 2. The van der Waals surface area contributed by atoms with Crippen LogP contribution in [0.3, 0.4) is 0 Å². The monoisotopic (exact) mass is 573 g/mol. The van der Waals surface area contributed by atoms with Gasteiger partial charge < -0.3 is 19.1 Å². The molecule has 0 aliphatic carbocycles. The van der Waals surface area contributed by atoms with E-state index in [9.17, 15) is 14.7 Å². The Balaban J connectivity index is 1.14. The van der Waals surface area contributed by atoms with Crippen LogP contribution in [0, 0.1) is 5.92 Å². The number of imidazole rings is 1. The normalized spacial score (nSPS) is 21.9. The number of para-hydroxylation sites is 2. The molecular weight excluding hydrogens is 542 g/mol. The zero-order valence-corrected chi connectivity index (χ0v) is 23.7. The van der Waals surface area contributed by atoms with Gasteiger partial charge in [0.2, 0.25) is 0 Å². The van der Waals surface area contributed by atoms with E-state index in [0.717, 1.165) is 33.3 Å². The molecule has 216 valence electrons. The van der Waals surface area contributed by atoms with Gasteiger partial charge in [0, 0.05) is 11.5 Å². The highest BCUT2D eigenvalue weighted by Gasteiger charge is 2.39. The number of aliphatic hydroxyl groups excluding tert-OH is 1. The molecule has 43 heavy (non-hydrogen) atoms. The maximum Gasteiger partial charge on any atom is 0.261 e. The van der Waals surface area contributed by atoms with Gasteiger partial charge >= 0.3 is 0 Å². The molecule has 0 saturated carbocycles. The third-order valence-electron chi connectivity index (χ3n) is 8.50. The molecule has 3 heterocycles. The summed E-state index contributed by atoms with van der Waals surface area (Å²) in [5.41, 5.74) is 6.40. The van der Waals surface area contributed by atoms with Crippen LogP contribution in [0.4, 0.5) is 0 Å². The number of rotatable bonds is 7. The second-order valence-corrected chi connectivity index (χ2v) is 11.2. The van der Waals surface area contributed by atoms with Crippen LogP contribution in [0.25, 0.3) is 11.0 Å². The predicted octanol–water partition coefficient (Wildman–Crippen LogP) is 5.82. The Morgan fingerprint density at radius 1 is 0.767 bits per heavy atom. The second-order valence-electron chi connectivity index (χ2n) is 11.2. The molecule has 2 aliphatic rings. The number of hydrogen-bond acceptors (Lipinski definition) is 6. The number of nitrogens with zero attached hydrogens (tertiary/aromatic N) is 3. The van der Waals surface area contributed by atoms with Crippen LogP contribution < -0.4 is 0 Å². The molecule has 8 nitrogen and oxygen atoms in total. The molecule has 0 unspecified atom stereocenters. The summed E-state index contributed by atoms with van der Waals surface area (Å²) < 4.78 is 15.3. The van der Waals surface area contributed by atoms with Gasteiger partial charge in [-0.05, 0) is 41.0 Å². The summed E-state index contributed by atoms with van der Waals surface area (Å²) in [4.78, 5) is 31.6. The maximum atomic E-state index is 12.9. The molecular formula is C35H31N3O5. The quantitative estimate of drug-likeness (QED) is 0.247. The van der Waals surface area contributed by atoms with E-state index < -0.39 is 6.29 Å². The van der Waals surface area contributed by atoms with Crippen LogP contribution in [0.15, 0.2) is 103 Å². The Hall–Kier alpha value is -4.63. The molecule has 0 spiro atoms. The number of benzene rings is 4. The third-order valence-corrected chi connectivity index (χ3v) is 8.50. The Kier molecular flexibility index (Phi) is 7.10. The Bertz CT molecular complexity index is 1760. The van der Waals surface area contributed by atoms with Crippen molar-refractivity contribution in [2.24, 2.45) is 5.92 Å². The van der Waals surface area contributed by atoms with Crippen molar-refractivity contribution in [2.45, 2.75) is 45.1 Å². The first-order valence-corrected chi connectivity index (χ1v) is 14.4. The van der Waals surface area contributed by atoms with Crippen LogP contribution in [0.5, 0.6) is 0 Å². The van der Waals surface area contributed by atoms with Gasteiger partial charge in [-0.1, -0.05) is 79.7 Å². The smallest absolute Gasteiger partial charge is 0.261 e. The van der Waals surface area contributed by atoms with E-state index >= 15 is 0 Å². The van der Waals surface area contributed by atoms with E-state index in [2.05, 4.69) is 22.5 Å². The van der Waals surface area contributed by atoms with Crippen LogP contribution >= 0.6 is 0 Å². The van der Waals surface area contributed by atoms with Gasteiger partial charge in [-0.2, -0.15) is 0 Å². The lowest BCUT2D eigenvalue weighted by Gasteiger charge is -2.41. The highest BCUT2D eigenvalue weighted by molar-refractivity contribution is 6.21. The molecule has 4 aromatic carbocycles. The molecule has 1 N–H and O–H groups in total. The van der Waals surface area contributed by atoms with Gasteiger partial charge in [-0.25, -0.2) is 4.98 Å². The number of carbonyl (C=O) groups is 2. The van der Waals surface area contributed by atoms with Crippen LogP contribution in [-0.4, -0.2) is 37.5 Å². The summed E-state index contributed by atoms with van der Waals surface area (Å²) in [5.74, 6) is -0.532. The summed E-state index contributed by atoms with van der Waals surface area (Å²) in [6.45, 7) is 2.91. The van der Waals surface area contributed by atoms with Crippen molar-refractivity contribution in [1.29, 1.82) is 0 Å². The van der Waals surface area contributed by atoms with E-state index in [1.807, 2.05) is 73.1 Å². The molecule has 0 radical (unpaired) electrons. The van der Waals surface area contributed by atoms with Crippen molar-refractivity contribution in [1.82, 2.24) is 14.5 Å². The van der Waals surface area contributed by atoms with E-state index in [0.29, 0.717) is 17.7 Å². The summed E-state index contributed by atoms with van der Waals surface area (Å²) in [7, 11) is 0. The number of aliphatic hydroxyl groups is 1. The van der Waals surface area contributed by atoms with Crippen molar-refractivity contribution in [2.75, 3.05) is 0 Å². The number of aromatic nitrogens is 2.